The molecule has 0 aliphatic rings. The summed E-state index contributed by atoms with van der Waals surface area (Å²) in [6, 6.07) is 16.1. The van der Waals surface area contributed by atoms with Gasteiger partial charge in [-0.2, -0.15) is 5.10 Å². The molecule has 2 aromatic carbocycles. The van der Waals surface area contributed by atoms with Crippen LogP contribution in [0.2, 0.25) is 0 Å². The largest absolute Gasteiger partial charge is 0.382 e. The van der Waals surface area contributed by atoms with Crippen LogP contribution >= 0.6 is 11.3 Å². The van der Waals surface area contributed by atoms with Crippen molar-refractivity contribution in [1.82, 2.24) is 34.6 Å². The number of fused-ring (bicyclic) bond motifs is 1. The van der Waals surface area contributed by atoms with Gasteiger partial charge in [0, 0.05) is 29.4 Å². The minimum atomic E-state index is -0.610. The zero-order valence-corrected chi connectivity index (χ0v) is 24.4. The van der Waals surface area contributed by atoms with Crippen LogP contribution in [0.5, 0.6) is 0 Å². The predicted molar refractivity (Wildman–Crippen MR) is 167 cm³/mol. The number of hydrogen-bond acceptors (Lipinski definition) is 8. The van der Waals surface area contributed by atoms with Gasteiger partial charge in [-0.15, -0.1) is 11.3 Å². The number of pyridine rings is 1. The number of benzene rings is 2. The Bertz CT molecular complexity index is 2110. The maximum atomic E-state index is 14.3. The van der Waals surface area contributed by atoms with Crippen LogP contribution in [0.3, 0.4) is 0 Å². The molecule has 10 nitrogen and oxygen atoms in total. The molecule has 3 N–H and O–H groups in total. The zero-order valence-electron chi connectivity index (χ0n) is 23.6. The molecule has 0 bridgehead atoms. The molecule has 0 aliphatic carbocycles. The number of aromatic nitrogens is 6. The van der Waals surface area contributed by atoms with E-state index in [0.717, 1.165) is 11.3 Å². The third-order valence-corrected chi connectivity index (χ3v) is 7.75. The second-order valence-electron chi connectivity index (χ2n) is 9.89. The minimum absolute atomic E-state index is 0.00490. The molecule has 6 aromatic rings. The van der Waals surface area contributed by atoms with E-state index in [1.165, 1.54) is 17.5 Å². The molecule has 43 heavy (non-hydrogen) atoms. The Morgan fingerprint density at radius 1 is 1.02 bits per heavy atom. The second kappa shape index (κ2) is 11.3. The van der Waals surface area contributed by atoms with Gasteiger partial charge in [0.15, 0.2) is 11.5 Å². The summed E-state index contributed by atoms with van der Waals surface area (Å²) in [6.45, 7) is 3.75. The van der Waals surface area contributed by atoms with Gasteiger partial charge in [-0.05, 0) is 43.5 Å². The number of thiazole rings is 1. The maximum absolute atomic E-state index is 14.3. The first-order valence-electron chi connectivity index (χ1n) is 13.4. The number of amides is 1. The van der Waals surface area contributed by atoms with E-state index < -0.39 is 11.9 Å². The molecule has 0 radical (unpaired) electrons. The van der Waals surface area contributed by atoms with Crippen molar-refractivity contribution >= 4 is 33.8 Å². The SMILES string of the molecule is Cc1c(C#Cc2cccc3cc(C(C)NC(=O)c4nc(-c5cscn5)cnc4N)n(-c4ccccc4)c(=O)c23)cnn1C. The summed E-state index contributed by atoms with van der Waals surface area (Å²) in [5, 5.41) is 10.2. The van der Waals surface area contributed by atoms with Gasteiger partial charge >= 0.3 is 0 Å². The van der Waals surface area contributed by atoms with Crippen LogP contribution < -0.4 is 16.6 Å². The third-order valence-electron chi connectivity index (χ3n) is 7.16. The van der Waals surface area contributed by atoms with Crippen LogP contribution in [0, 0.1) is 18.8 Å². The van der Waals surface area contributed by atoms with E-state index in [4.69, 9.17) is 5.73 Å². The number of nitrogens with zero attached hydrogens (tertiary/aromatic N) is 6. The monoisotopic (exact) mass is 586 g/mol. The first kappa shape index (κ1) is 27.6. The molecular formula is C32H26N8O2S. The van der Waals surface area contributed by atoms with Gasteiger partial charge in [-0.1, -0.05) is 42.2 Å². The number of aryl methyl sites for hydroxylation is 1. The van der Waals surface area contributed by atoms with Gasteiger partial charge < -0.3 is 11.1 Å². The number of para-hydroxylation sites is 1. The van der Waals surface area contributed by atoms with Crippen LogP contribution in [-0.2, 0) is 7.05 Å². The van der Waals surface area contributed by atoms with Crippen LogP contribution in [0.15, 0.2) is 82.7 Å². The fourth-order valence-electron chi connectivity index (χ4n) is 4.77. The Morgan fingerprint density at radius 3 is 2.53 bits per heavy atom. The van der Waals surface area contributed by atoms with Crippen LogP contribution in [-0.4, -0.2) is 35.2 Å². The Balaban J connectivity index is 1.44. The summed E-state index contributed by atoms with van der Waals surface area (Å²) in [5.74, 6) is 5.82. The topological polar surface area (TPSA) is 134 Å². The molecular weight excluding hydrogens is 560 g/mol. The Morgan fingerprint density at radius 2 is 1.81 bits per heavy atom. The molecule has 11 heteroatoms. The number of rotatable bonds is 5. The third kappa shape index (κ3) is 5.27. The van der Waals surface area contributed by atoms with Gasteiger partial charge in [0.25, 0.3) is 11.5 Å². The van der Waals surface area contributed by atoms with Gasteiger partial charge in [-0.3, -0.25) is 18.8 Å². The van der Waals surface area contributed by atoms with Crippen molar-refractivity contribution < 1.29 is 4.79 Å². The van der Waals surface area contributed by atoms with E-state index in [1.807, 2.05) is 73.9 Å². The molecule has 212 valence electrons. The van der Waals surface area contributed by atoms with Crippen molar-refractivity contribution in [2.45, 2.75) is 19.9 Å². The average molecular weight is 587 g/mol. The first-order chi connectivity index (χ1) is 20.8. The van der Waals surface area contributed by atoms with E-state index in [9.17, 15) is 9.59 Å². The summed E-state index contributed by atoms with van der Waals surface area (Å²) in [5.41, 5.74) is 12.0. The molecule has 0 fully saturated rings. The molecule has 4 aromatic heterocycles. The molecule has 1 unspecified atom stereocenters. The minimum Gasteiger partial charge on any atom is -0.382 e. The lowest BCUT2D eigenvalue weighted by Gasteiger charge is -2.21. The normalized spacial score (nSPS) is 11.6. The van der Waals surface area contributed by atoms with Crippen molar-refractivity contribution in [3.63, 3.8) is 0 Å². The average Bonchev–Trinajstić information content (AvgIpc) is 3.66. The van der Waals surface area contributed by atoms with Gasteiger partial charge in [0.05, 0.1) is 40.6 Å². The Labute approximate surface area is 250 Å². The van der Waals surface area contributed by atoms with E-state index in [1.54, 1.807) is 27.9 Å². The molecule has 4 heterocycles. The molecule has 6 rings (SSSR count). The quantitative estimate of drug-likeness (QED) is 0.286. The molecule has 0 saturated heterocycles. The standard InChI is InChI=1S/C32H26N8O2S/c1-19(37-31(41)29-30(33)34-16-25(38-29)26-17-43-18-35-26)27-14-22-9-7-8-21(12-13-23-15-36-39(3)20(23)2)28(22)32(42)40(27)24-10-5-4-6-11-24/h4-11,14-19H,1-3H3,(H2,33,34)(H,37,41). The van der Waals surface area contributed by atoms with E-state index in [2.05, 4.69) is 37.2 Å². The Kier molecular flexibility index (Phi) is 7.27. The lowest BCUT2D eigenvalue weighted by Crippen LogP contribution is -2.33. The van der Waals surface area contributed by atoms with Crippen molar-refractivity contribution in [2.75, 3.05) is 5.73 Å². The van der Waals surface area contributed by atoms with E-state index in [-0.39, 0.29) is 17.1 Å². The highest BCUT2D eigenvalue weighted by molar-refractivity contribution is 7.07. The van der Waals surface area contributed by atoms with Crippen molar-refractivity contribution in [3.8, 4) is 28.9 Å². The van der Waals surface area contributed by atoms with Gasteiger partial charge in [0.1, 0.15) is 11.4 Å². The summed E-state index contributed by atoms with van der Waals surface area (Å²) in [7, 11) is 1.86. The number of hydrogen-bond donors (Lipinski definition) is 2. The molecule has 1 amide bonds. The smallest absolute Gasteiger partial charge is 0.274 e. The zero-order chi connectivity index (χ0) is 30.1. The van der Waals surface area contributed by atoms with Crippen molar-refractivity contribution in [3.05, 3.63) is 116 Å². The first-order valence-corrected chi connectivity index (χ1v) is 14.3. The summed E-state index contributed by atoms with van der Waals surface area (Å²) in [4.78, 5) is 40.5. The number of carbonyl (C=O) groups is 1. The fourth-order valence-corrected chi connectivity index (χ4v) is 5.32. The lowest BCUT2D eigenvalue weighted by atomic mass is 10.0. The van der Waals surface area contributed by atoms with Crippen molar-refractivity contribution in [2.24, 2.45) is 7.05 Å². The maximum Gasteiger partial charge on any atom is 0.274 e. The number of nitrogen functional groups attached to an aromatic ring is 1. The summed E-state index contributed by atoms with van der Waals surface area (Å²) >= 11 is 1.41. The van der Waals surface area contributed by atoms with Crippen LogP contribution in [0.1, 0.15) is 46.0 Å². The highest BCUT2D eigenvalue weighted by atomic mass is 32.1. The molecule has 0 aliphatic heterocycles. The second-order valence-corrected chi connectivity index (χ2v) is 10.6. The lowest BCUT2D eigenvalue weighted by molar-refractivity contribution is 0.0934. The van der Waals surface area contributed by atoms with E-state index >= 15 is 0 Å². The summed E-state index contributed by atoms with van der Waals surface area (Å²) < 4.78 is 3.36. The molecule has 0 spiro atoms. The number of carbonyl (C=O) groups excluding carboxylic acids is 1. The fraction of sp³-hybridized carbons (Fsp3) is 0.125. The highest BCUT2D eigenvalue weighted by Crippen LogP contribution is 2.24. The van der Waals surface area contributed by atoms with Crippen LogP contribution in [0.25, 0.3) is 27.8 Å². The predicted octanol–water partition coefficient (Wildman–Crippen LogP) is 4.42. The van der Waals surface area contributed by atoms with Crippen molar-refractivity contribution in [1.29, 1.82) is 0 Å². The van der Waals surface area contributed by atoms with Gasteiger partial charge in [0.2, 0.25) is 0 Å². The number of nitrogens with one attached hydrogen (secondary N) is 1. The van der Waals surface area contributed by atoms with E-state index in [0.29, 0.717) is 39.1 Å². The molecule has 0 saturated carbocycles. The highest BCUT2D eigenvalue weighted by Gasteiger charge is 2.22. The number of nitrogens with two attached hydrogens (primary N) is 1. The summed E-state index contributed by atoms with van der Waals surface area (Å²) in [6.07, 6.45) is 3.19. The molecule has 1 atom stereocenters. The van der Waals surface area contributed by atoms with Gasteiger partial charge in [-0.25, -0.2) is 15.0 Å². The van der Waals surface area contributed by atoms with Crippen LogP contribution in [0.4, 0.5) is 5.82 Å². The number of anilines is 1. The Hall–Kier alpha value is -5.60.